The summed E-state index contributed by atoms with van der Waals surface area (Å²) in [6.07, 6.45) is 4.46. The molecule has 3 N–H and O–H groups in total. The van der Waals surface area contributed by atoms with Gasteiger partial charge in [0.25, 0.3) is 5.91 Å². The second-order valence-electron chi connectivity index (χ2n) is 4.12. The highest BCUT2D eigenvalue weighted by Gasteiger charge is 2.09. The highest BCUT2D eigenvalue weighted by Crippen LogP contribution is 2.19. The molecule has 0 aliphatic heterocycles. The largest absolute Gasteiger partial charge is 0.399 e. The zero-order valence-corrected chi connectivity index (χ0v) is 11.9. The lowest BCUT2D eigenvalue weighted by Crippen LogP contribution is -2.25. The quantitative estimate of drug-likeness (QED) is 0.653. The average Bonchev–Trinajstić information content (AvgIpc) is 2.90. The van der Waals surface area contributed by atoms with Gasteiger partial charge in [0.05, 0.1) is 5.56 Å². The van der Waals surface area contributed by atoms with Crippen LogP contribution in [0.5, 0.6) is 0 Å². The van der Waals surface area contributed by atoms with Crippen molar-refractivity contribution < 1.29 is 4.79 Å². The van der Waals surface area contributed by atoms with Crippen LogP contribution in [-0.4, -0.2) is 22.2 Å². The number of nitrogens with zero attached hydrogens (tertiary/aromatic N) is 2. The number of halogens is 1. The van der Waals surface area contributed by atoms with Crippen LogP contribution in [0.3, 0.4) is 0 Å². The lowest BCUT2D eigenvalue weighted by Gasteiger charge is -2.07. The van der Waals surface area contributed by atoms with E-state index in [4.69, 9.17) is 5.73 Å². The van der Waals surface area contributed by atoms with Crippen LogP contribution in [0.2, 0.25) is 0 Å². The fourth-order valence-electron chi connectivity index (χ4n) is 1.69. The number of aromatic nitrogens is 2. The molecule has 0 aliphatic carbocycles. The van der Waals surface area contributed by atoms with Gasteiger partial charge in [-0.05, 0) is 46.6 Å². The molecule has 100 valence electrons. The molecule has 1 heterocycles. The van der Waals surface area contributed by atoms with Crippen LogP contribution in [0.15, 0.2) is 41.1 Å². The van der Waals surface area contributed by atoms with Crippen LogP contribution in [0.1, 0.15) is 16.8 Å². The second kappa shape index (κ2) is 6.38. The molecule has 0 bridgehead atoms. The maximum absolute atomic E-state index is 12.0. The summed E-state index contributed by atoms with van der Waals surface area (Å²) in [4.78, 5) is 12.0. The van der Waals surface area contributed by atoms with Gasteiger partial charge in [-0.25, -0.2) is 0 Å². The normalized spacial score (nSPS) is 10.4. The van der Waals surface area contributed by atoms with Gasteiger partial charge in [0.2, 0.25) is 0 Å². The number of hydrogen-bond acceptors (Lipinski definition) is 3. The number of aryl methyl sites for hydroxylation is 1. The Kier molecular flexibility index (Phi) is 4.57. The first-order chi connectivity index (χ1) is 9.16. The van der Waals surface area contributed by atoms with E-state index in [-0.39, 0.29) is 5.91 Å². The molecule has 2 rings (SSSR count). The van der Waals surface area contributed by atoms with Gasteiger partial charge < -0.3 is 11.1 Å². The molecule has 0 fully saturated rings. The van der Waals surface area contributed by atoms with E-state index in [2.05, 4.69) is 26.3 Å². The summed E-state index contributed by atoms with van der Waals surface area (Å²) in [6, 6.07) is 7.06. The van der Waals surface area contributed by atoms with Crippen molar-refractivity contribution >= 4 is 27.5 Å². The van der Waals surface area contributed by atoms with E-state index in [1.807, 2.05) is 16.9 Å². The Morgan fingerprint density at radius 1 is 1.47 bits per heavy atom. The molecule has 1 aromatic carbocycles. The first-order valence-electron chi connectivity index (χ1n) is 5.97. The van der Waals surface area contributed by atoms with Gasteiger partial charge >= 0.3 is 0 Å². The Labute approximate surface area is 119 Å². The number of anilines is 1. The van der Waals surface area contributed by atoms with Crippen LogP contribution in [0.25, 0.3) is 0 Å². The Bertz CT molecular complexity index is 554. The third-order valence-corrected chi connectivity index (χ3v) is 3.34. The summed E-state index contributed by atoms with van der Waals surface area (Å²) < 4.78 is 2.58. The van der Waals surface area contributed by atoms with E-state index in [0.717, 1.165) is 17.4 Å². The number of benzene rings is 1. The summed E-state index contributed by atoms with van der Waals surface area (Å²) in [5, 5.41) is 6.96. The molecule has 1 aromatic heterocycles. The van der Waals surface area contributed by atoms with Crippen LogP contribution < -0.4 is 11.1 Å². The predicted molar refractivity (Wildman–Crippen MR) is 77.7 cm³/mol. The summed E-state index contributed by atoms with van der Waals surface area (Å²) in [5.41, 5.74) is 6.80. The minimum Gasteiger partial charge on any atom is -0.399 e. The summed E-state index contributed by atoms with van der Waals surface area (Å²) >= 11 is 3.34. The van der Waals surface area contributed by atoms with E-state index in [1.54, 1.807) is 24.4 Å². The van der Waals surface area contributed by atoms with Crippen molar-refractivity contribution in [2.45, 2.75) is 13.0 Å². The molecule has 19 heavy (non-hydrogen) atoms. The molecule has 0 saturated carbocycles. The van der Waals surface area contributed by atoms with Crippen molar-refractivity contribution in [3.63, 3.8) is 0 Å². The smallest absolute Gasteiger partial charge is 0.252 e. The number of amides is 1. The molecule has 0 unspecified atom stereocenters. The minimum atomic E-state index is -0.125. The Morgan fingerprint density at radius 2 is 2.32 bits per heavy atom. The molecule has 0 atom stereocenters. The predicted octanol–water partition coefficient (Wildman–Crippen LogP) is 2.05. The maximum atomic E-state index is 12.0. The number of nitrogen functional groups attached to an aromatic ring is 1. The number of hydrogen-bond donors (Lipinski definition) is 2. The summed E-state index contributed by atoms with van der Waals surface area (Å²) in [5.74, 6) is -0.125. The molecule has 5 nitrogen and oxygen atoms in total. The van der Waals surface area contributed by atoms with Crippen molar-refractivity contribution in [3.05, 3.63) is 46.7 Å². The van der Waals surface area contributed by atoms with E-state index < -0.39 is 0 Å². The number of rotatable bonds is 5. The lowest BCUT2D eigenvalue weighted by atomic mass is 10.2. The second-order valence-corrected chi connectivity index (χ2v) is 4.97. The molecular formula is C13H15BrN4O. The fraction of sp³-hybridized carbons (Fsp3) is 0.231. The van der Waals surface area contributed by atoms with Crippen LogP contribution in [0.4, 0.5) is 5.69 Å². The molecular weight excluding hydrogens is 308 g/mol. The number of nitrogens with one attached hydrogen (secondary N) is 1. The standard InChI is InChI=1S/C13H15BrN4O/c14-12-4-3-10(15)9-11(12)13(19)16-5-1-7-18-8-2-6-17-18/h2-4,6,8-9H,1,5,7,15H2,(H,16,19). The Hall–Kier alpha value is -1.82. The van der Waals surface area contributed by atoms with Gasteiger partial charge in [0.15, 0.2) is 0 Å². The zero-order valence-electron chi connectivity index (χ0n) is 10.3. The number of carbonyl (C=O) groups is 1. The van der Waals surface area contributed by atoms with Crippen LogP contribution in [-0.2, 0) is 6.54 Å². The average molecular weight is 323 g/mol. The first kappa shape index (κ1) is 13.6. The Morgan fingerprint density at radius 3 is 3.05 bits per heavy atom. The van der Waals surface area contributed by atoms with E-state index in [0.29, 0.717) is 17.8 Å². The summed E-state index contributed by atoms with van der Waals surface area (Å²) in [6.45, 7) is 1.38. The van der Waals surface area contributed by atoms with Gasteiger partial charge in [-0.3, -0.25) is 9.48 Å². The van der Waals surface area contributed by atoms with Crippen LogP contribution in [0, 0.1) is 0 Å². The third kappa shape index (κ3) is 3.82. The lowest BCUT2D eigenvalue weighted by molar-refractivity contribution is 0.0952. The van der Waals surface area contributed by atoms with Crippen molar-refractivity contribution in [3.8, 4) is 0 Å². The molecule has 2 aromatic rings. The Balaban J connectivity index is 1.82. The monoisotopic (exact) mass is 322 g/mol. The van der Waals surface area contributed by atoms with Crippen molar-refractivity contribution in [2.24, 2.45) is 0 Å². The number of nitrogens with two attached hydrogens (primary N) is 1. The molecule has 6 heteroatoms. The van der Waals surface area contributed by atoms with Gasteiger partial charge in [0.1, 0.15) is 0 Å². The fourth-order valence-corrected chi connectivity index (χ4v) is 2.11. The van der Waals surface area contributed by atoms with Crippen molar-refractivity contribution in [1.82, 2.24) is 15.1 Å². The summed E-state index contributed by atoms with van der Waals surface area (Å²) in [7, 11) is 0. The molecule has 0 aliphatic rings. The maximum Gasteiger partial charge on any atom is 0.252 e. The van der Waals surface area contributed by atoms with Gasteiger partial charge in [0, 0.05) is 35.6 Å². The highest BCUT2D eigenvalue weighted by molar-refractivity contribution is 9.10. The third-order valence-electron chi connectivity index (χ3n) is 2.64. The van der Waals surface area contributed by atoms with E-state index >= 15 is 0 Å². The van der Waals surface area contributed by atoms with Gasteiger partial charge in [-0.1, -0.05) is 0 Å². The first-order valence-corrected chi connectivity index (χ1v) is 6.77. The number of carbonyl (C=O) groups excluding carboxylic acids is 1. The van der Waals surface area contributed by atoms with Crippen LogP contribution >= 0.6 is 15.9 Å². The molecule has 0 radical (unpaired) electrons. The van der Waals surface area contributed by atoms with E-state index in [9.17, 15) is 4.79 Å². The molecule has 0 saturated heterocycles. The molecule has 0 spiro atoms. The van der Waals surface area contributed by atoms with Crippen molar-refractivity contribution in [1.29, 1.82) is 0 Å². The minimum absolute atomic E-state index is 0.125. The van der Waals surface area contributed by atoms with Gasteiger partial charge in [-0.2, -0.15) is 5.10 Å². The van der Waals surface area contributed by atoms with E-state index in [1.165, 1.54) is 0 Å². The zero-order chi connectivity index (χ0) is 13.7. The van der Waals surface area contributed by atoms with Gasteiger partial charge in [-0.15, -0.1) is 0 Å². The van der Waals surface area contributed by atoms with Crippen molar-refractivity contribution in [2.75, 3.05) is 12.3 Å². The molecule has 1 amide bonds. The highest BCUT2D eigenvalue weighted by atomic mass is 79.9. The topological polar surface area (TPSA) is 72.9 Å². The SMILES string of the molecule is Nc1ccc(Br)c(C(=O)NCCCn2cccn2)c1.